The molecule has 5 nitrogen and oxygen atoms in total. The van der Waals surface area contributed by atoms with Gasteiger partial charge in [0.05, 0.1) is 12.5 Å². The van der Waals surface area contributed by atoms with Crippen LogP contribution >= 0.6 is 0 Å². The van der Waals surface area contributed by atoms with Crippen molar-refractivity contribution in [3.63, 3.8) is 0 Å². The van der Waals surface area contributed by atoms with Crippen LogP contribution in [0.5, 0.6) is 0 Å². The van der Waals surface area contributed by atoms with E-state index in [1.807, 2.05) is 11.8 Å². The minimum atomic E-state index is -0.747. The molecule has 2 N–H and O–H groups in total. The lowest BCUT2D eigenvalue weighted by Gasteiger charge is -2.40. The number of amides is 1. The molecule has 1 rings (SSSR count). The molecule has 0 aromatic rings. The Kier molecular flexibility index (Phi) is 6.99. The molecule has 0 aromatic carbocycles. The van der Waals surface area contributed by atoms with Gasteiger partial charge in [-0.25, -0.2) is 0 Å². The first-order valence-corrected chi connectivity index (χ1v) is 7.68. The molecule has 1 aliphatic heterocycles. The summed E-state index contributed by atoms with van der Waals surface area (Å²) >= 11 is 0. The minimum absolute atomic E-state index is 0.0513. The summed E-state index contributed by atoms with van der Waals surface area (Å²) in [4.78, 5) is 24.7. The Morgan fingerprint density at radius 1 is 1.30 bits per heavy atom. The molecule has 2 unspecified atom stereocenters. The zero-order valence-corrected chi connectivity index (χ0v) is 12.9. The van der Waals surface area contributed by atoms with Gasteiger partial charge in [0.25, 0.3) is 0 Å². The molecule has 2 atom stereocenters. The van der Waals surface area contributed by atoms with Crippen molar-refractivity contribution in [1.82, 2.24) is 10.2 Å². The van der Waals surface area contributed by atoms with Crippen molar-refractivity contribution in [3.05, 3.63) is 0 Å². The summed E-state index contributed by atoms with van der Waals surface area (Å²) in [6.45, 7) is 7.76. The summed E-state index contributed by atoms with van der Waals surface area (Å²) in [7, 11) is 0. The van der Waals surface area contributed by atoms with E-state index in [-0.39, 0.29) is 23.8 Å². The van der Waals surface area contributed by atoms with Gasteiger partial charge < -0.3 is 10.4 Å². The van der Waals surface area contributed by atoms with Gasteiger partial charge in [0, 0.05) is 19.1 Å². The third-order valence-corrected chi connectivity index (χ3v) is 4.10. The Bertz CT molecular complexity index is 327. The van der Waals surface area contributed by atoms with E-state index in [0.717, 1.165) is 12.8 Å². The highest BCUT2D eigenvalue weighted by Gasteiger charge is 2.35. The third-order valence-electron chi connectivity index (χ3n) is 4.10. The van der Waals surface area contributed by atoms with Gasteiger partial charge in [0.1, 0.15) is 0 Å². The molecule has 0 saturated carbocycles. The van der Waals surface area contributed by atoms with E-state index in [4.69, 9.17) is 5.11 Å². The van der Waals surface area contributed by atoms with E-state index >= 15 is 0 Å². The van der Waals surface area contributed by atoms with Crippen LogP contribution in [-0.2, 0) is 9.59 Å². The van der Waals surface area contributed by atoms with E-state index in [1.54, 1.807) is 6.92 Å². The van der Waals surface area contributed by atoms with Crippen LogP contribution in [0.2, 0.25) is 0 Å². The maximum absolute atomic E-state index is 11.8. The normalized spacial score (nSPS) is 19.1. The number of likely N-dealkylation sites (tertiary alicyclic amines) is 1. The van der Waals surface area contributed by atoms with Crippen LogP contribution in [0.25, 0.3) is 0 Å². The number of carbonyl (C=O) groups is 2. The Labute approximate surface area is 121 Å². The number of carbonyl (C=O) groups excluding carboxylic acids is 1. The van der Waals surface area contributed by atoms with Gasteiger partial charge in [0.15, 0.2) is 0 Å². The Morgan fingerprint density at radius 2 is 1.95 bits per heavy atom. The molecule has 0 aliphatic carbocycles. The van der Waals surface area contributed by atoms with Gasteiger partial charge in [-0.05, 0) is 19.3 Å². The van der Waals surface area contributed by atoms with Crippen LogP contribution in [0.3, 0.4) is 0 Å². The molecule has 1 fully saturated rings. The number of hydrogen-bond donors (Lipinski definition) is 2. The van der Waals surface area contributed by atoms with Crippen LogP contribution < -0.4 is 5.32 Å². The van der Waals surface area contributed by atoms with Crippen molar-refractivity contribution >= 4 is 11.9 Å². The quantitative estimate of drug-likeness (QED) is 0.633. The van der Waals surface area contributed by atoms with Crippen LogP contribution in [0.4, 0.5) is 0 Å². The van der Waals surface area contributed by atoms with Crippen molar-refractivity contribution in [3.8, 4) is 0 Å². The molecule has 0 radical (unpaired) electrons. The third kappa shape index (κ3) is 5.49. The number of carboxylic acids is 1. The highest BCUT2D eigenvalue weighted by atomic mass is 16.4. The summed E-state index contributed by atoms with van der Waals surface area (Å²) in [6, 6.07) is 0.226. The molecule has 116 valence electrons. The van der Waals surface area contributed by atoms with Gasteiger partial charge in [-0.2, -0.15) is 0 Å². The van der Waals surface area contributed by atoms with E-state index in [2.05, 4.69) is 12.2 Å². The SMILES string of the molecule is CCCCCC(C)NC(=O)CN1CC(C(C)C(=O)O)C1. The standard InChI is InChI=1S/C15H28N2O3/c1-4-5-6-7-11(2)16-14(18)10-17-8-13(9-17)12(3)15(19)20/h11-13H,4-10H2,1-3H3,(H,16,18)(H,19,20). The topological polar surface area (TPSA) is 69.6 Å². The predicted octanol–water partition coefficient (Wildman–Crippen LogP) is 1.72. The average molecular weight is 284 g/mol. The first-order valence-electron chi connectivity index (χ1n) is 7.68. The van der Waals surface area contributed by atoms with E-state index in [1.165, 1.54) is 12.8 Å². The fourth-order valence-electron chi connectivity index (χ4n) is 2.55. The second-order valence-electron chi connectivity index (χ2n) is 6.05. The number of nitrogens with zero attached hydrogens (tertiary/aromatic N) is 1. The van der Waals surface area contributed by atoms with Crippen LogP contribution in [-0.4, -0.2) is 47.6 Å². The first kappa shape index (κ1) is 17.0. The van der Waals surface area contributed by atoms with Crippen molar-refractivity contribution in [2.75, 3.05) is 19.6 Å². The lowest BCUT2D eigenvalue weighted by molar-refractivity contribution is -0.145. The lowest BCUT2D eigenvalue weighted by Crippen LogP contribution is -2.54. The zero-order chi connectivity index (χ0) is 15.1. The zero-order valence-electron chi connectivity index (χ0n) is 12.9. The molecule has 20 heavy (non-hydrogen) atoms. The number of unbranched alkanes of at least 4 members (excludes halogenated alkanes) is 2. The van der Waals surface area contributed by atoms with Crippen LogP contribution in [0, 0.1) is 11.8 Å². The second-order valence-corrected chi connectivity index (χ2v) is 6.05. The van der Waals surface area contributed by atoms with Gasteiger partial charge in [-0.1, -0.05) is 33.1 Å². The molecular formula is C15H28N2O3. The molecular weight excluding hydrogens is 256 g/mol. The fourth-order valence-corrected chi connectivity index (χ4v) is 2.55. The van der Waals surface area contributed by atoms with E-state index in [0.29, 0.717) is 19.6 Å². The summed E-state index contributed by atoms with van der Waals surface area (Å²) < 4.78 is 0. The van der Waals surface area contributed by atoms with Gasteiger partial charge in [-0.3, -0.25) is 14.5 Å². The maximum Gasteiger partial charge on any atom is 0.306 e. The largest absolute Gasteiger partial charge is 0.481 e. The highest BCUT2D eigenvalue weighted by Crippen LogP contribution is 2.23. The first-order chi connectivity index (χ1) is 9.43. The predicted molar refractivity (Wildman–Crippen MR) is 78.5 cm³/mol. The minimum Gasteiger partial charge on any atom is -0.481 e. The summed E-state index contributed by atoms with van der Waals surface area (Å²) in [6.07, 6.45) is 4.58. The summed E-state index contributed by atoms with van der Waals surface area (Å²) in [5, 5.41) is 11.9. The van der Waals surface area contributed by atoms with Crippen molar-refractivity contribution in [2.24, 2.45) is 11.8 Å². The van der Waals surface area contributed by atoms with Gasteiger partial charge in [-0.15, -0.1) is 0 Å². The number of rotatable bonds is 9. The van der Waals surface area contributed by atoms with Crippen LogP contribution in [0.15, 0.2) is 0 Å². The van der Waals surface area contributed by atoms with Gasteiger partial charge in [0.2, 0.25) is 5.91 Å². The lowest BCUT2D eigenvalue weighted by atomic mass is 9.87. The maximum atomic E-state index is 11.8. The summed E-state index contributed by atoms with van der Waals surface area (Å²) in [5.74, 6) is -0.830. The van der Waals surface area contributed by atoms with Crippen molar-refractivity contribution < 1.29 is 14.7 Å². The van der Waals surface area contributed by atoms with E-state index in [9.17, 15) is 9.59 Å². The monoisotopic (exact) mass is 284 g/mol. The molecule has 0 aromatic heterocycles. The molecule has 0 spiro atoms. The highest BCUT2D eigenvalue weighted by molar-refractivity contribution is 5.78. The fraction of sp³-hybridized carbons (Fsp3) is 0.867. The number of nitrogens with one attached hydrogen (secondary N) is 1. The van der Waals surface area contributed by atoms with Crippen molar-refractivity contribution in [1.29, 1.82) is 0 Å². The molecule has 1 heterocycles. The number of carboxylic acid groups (broad SMARTS) is 1. The van der Waals surface area contributed by atoms with E-state index < -0.39 is 5.97 Å². The molecule has 5 heteroatoms. The molecule has 0 bridgehead atoms. The second kappa shape index (κ2) is 8.25. The summed E-state index contributed by atoms with van der Waals surface area (Å²) in [5.41, 5.74) is 0. The number of hydrogen-bond acceptors (Lipinski definition) is 3. The molecule has 1 aliphatic rings. The average Bonchev–Trinajstić information content (AvgIpc) is 2.32. The Hall–Kier alpha value is -1.10. The molecule has 1 saturated heterocycles. The van der Waals surface area contributed by atoms with Gasteiger partial charge >= 0.3 is 5.97 Å². The Balaban J connectivity index is 2.14. The molecule has 1 amide bonds. The van der Waals surface area contributed by atoms with Crippen molar-refractivity contribution in [2.45, 2.75) is 52.5 Å². The van der Waals surface area contributed by atoms with Crippen LogP contribution in [0.1, 0.15) is 46.5 Å². The smallest absolute Gasteiger partial charge is 0.306 e. The number of aliphatic carboxylic acids is 1. The Morgan fingerprint density at radius 3 is 2.50 bits per heavy atom.